The normalized spacial score (nSPS) is 19.2. The van der Waals surface area contributed by atoms with Gasteiger partial charge in [0.25, 0.3) is 0 Å². The van der Waals surface area contributed by atoms with Crippen molar-refractivity contribution in [1.29, 1.82) is 0 Å². The summed E-state index contributed by atoms with van der Waals surface area (Å²) in [6.07, 6.45) is 4.44. The third-order valence-corrected chi connectivity index (χ3v) is 3.38. The van der Waals surface area contributed by atoms with E-state index in [2.05, 4.69) is 23.9 Å². The fourth-order valence-electron chi connectivity index (χ4n) is 2.33. The van der Waals surface area contributed by atoms with Crippen LogP contribution >= 0.6 is 0 Å². The van der Waals surface area contributed by atoms with Crippen LogP contribution in [0.2, 0.25) is 0 Å². The second-order valence-electron chi connectivity index (χ2n) is 4.67. The van der Waals surface area contributed by atoms with Crippen LogP contribution in [-0.2, 0) is 0 Å². The minimum atomic E-state index is 0.359. The average Bonchev–Trinajstić information content (AvgIpc) is 2.77. The maximum Gasteiger partial charge on any atom is 0.155 e. The van der Waals surface area contributed by atoms with Crippen molar-refractivity contribution in [1.82, 2.24) is 10.1 Å². The molecule has 1 aliphatic heterocycles. The number of likely N-dealkylation sites (tertiary alicyclic amines) is 1. The first-order valence-corrected chi connectivity index (χ1v) is 5.86. The number of nitrogens with zero attached hydrogens (tertiary/aromatic N) is 2. The van der Waals surface area contributed by atoms with Crippen LogP contribution in [-0.4, -0.2) is 35.5 Å². The molecule has 0 aromatic carbocycles. The summed E-state index contributed by atoms with van der Waals surface area (Å²) in [5, 5.41) is 3.70. The topological polar surface area (TPSA) is 46.3 Å². The fourth-order valence-corrected chi connectivity index (χ4v) is 2.33. The summed E-state index contributed by atoms with van der Waals surface area (Å²) in [5.41, 5.74) is 0.614. The molecule has 1 aromatic heterocycles. The largest absolute Gasteiger partial charge is 0.360 e. The zero-order chi connectivity index (χ0) is 11.5. The zero-order valence-corrected chi connectivity index (χ0v) is 9.85. The Morgan fingerprint density at radius 2 is 2.19 bits per heavy atom. The Balaban J connectivity index is 2.01. The third kappa shape index (κ3) is 2.16. The number of carbonyl (C=O) groups excluding carboxylic acids is 1. The Morgan fingerprint density at radius 1 is 1.50 bits per heavy atom. The Kier molecular flexibility index (Phi) is 3.39. The van der Waals surface area contributed by atoms with E-state index in [-0.39, 0.29) is 0 Å². The summed E-state index contributed by atoms with van der Waals surface area (Å²) < 4.78 is 5.19. The van der Waals surface area contributed by atoms with E-state index in [1.807, 2.05) is 0 Å². The monoisotopic (exact) mass is 222 g/mol. The van der Waals surface area contributed by atoms with Crippen molar-refractivity contribution in [3.05, 3.63) is 17.5 Å². The van der Waals surface area contributed by atoms with Crippen LogP contribution in [0.5, 0.6) is 0 Å². The third-order valence-electron chi connectivity index (χ3n) is 3.38. The van der Waals surface area contributed by atoms with Gasteiger partial charge in [0, 0.05) is 12.0 Å². The molecule has 1 saturated heterocycles. The first-order chi connectivity index (χ1) is 7.72. The van der Waals surface area contributed by atoms with Crippen molar-refractivity contribution in [2.75, 3.05) is 13.1 Å². The Hall–Kier alpha value is -1.16. The van der Waals surface area contributed by atoms with Crippen LogP contribution in [0.15, 0.2) is 10.7 Å². The number of carbonyl (C=O) groups is 1. The average molecular weight is 222 g/mol. The lowest BCUT2D eigenvalue weighted by Crippen LogP contribution is -2.37. The lowest BCUT2D eigenvalue weighted by atomic mass is 9.92. The quantitative estimate of drug-likeness (QED) is 0.734. The number of piperidine rings is 1. The molecule has 1 aromatic rings. The number of aldehydes is 1. The molecular weight excluding hydrogens is 204 g/mol. The molecule has 88 valence electrons. The number of hydrogen-bond donors (Lipinski definition) is 0. The van der Waals surface area contributed by atoms with Gasteiger partial charge in [-0.2, -0.15) is 0 Å². The molecule has 4 nitrogen and oxygen atoms in total. The number of rotatable bonds is 3. The molecule has 0 unspecified atom stereocenters. The van der Waals surface area contributed by atoms with E-state index >= 15 is 0 Å². The highest BCUT2D eigenvalue weighted by atomic mass is 16.5. The van der Waals surface area contributed by atoms with Crippen LogP contribution in [0.1, 0.15) is 48.7 Å². The lowest BCUT2D eigenvalue weighted by molar-refractivity contribution is 0.111. The highest BCUT2D eigenvalue weighted by Crippen LogP contribution is 2.30. The van der Waals surface area contributed by atoms with Crippen molar-refractivity contribution in [3.63, 3.8) is 0 Å². The van der Waals surface area contributed by atoms with E-state index in [4.69, 9.17) is 4.52 Å². The molecule has 16 heavy (non-hydrogen) atoms. The van der Waals surface area contributed by atoms with Gasteiger partial charge >= 0.3 is 0 Å². The molecule has 2 heterocycles. The lowest BCUT2D eigenvalue weighted by Gasteiger charge is -2.33. The van der Waals surface area contributed by atoms with Crippen LogP contribution in [0.4, 0.5) is 0 Å². The van der Waals surface area contributed by atoms with Crippen molar-refractivity contribution >= 4 is 6.29 Å². The molecule has 1 aliphatic rings. The summed E-state index contributed by atoms with van der Waals surface area (Å²) in [5.74, 6) is 1.14. The Morgan fingerprint density at radius 3 is 2.75 bits per heavy atom. The Bertz CT molecular complexity index is 352. The van der Waals surface area contributed by atoms with Gasteiger partial charge in [-0.15, -0.1) is 0 Å². The van der Waals surface area contributed by atoms with E-state index in [1.54, 1.807) is 0 Å². The summed E-state index contributed by atoms with van der Waals surface area (Å²) >= 11 is 0. The second-order valence-corrected chi connectivity index (χ2v) is 4.67. The summed E-state index contributed by atoms with van der Waals surface area (Å²) in [6.45, 7) is 6.57. The van der Waals surface area contributed by atoms with Crippen molar-refractivity contribution in [3.8, 4) is 0 Å². The molecule has 0 atom stereocenters. The molecular formula is C12H18N2O2. The minimum absolute atomic E-state index is 0.359. The van der Waals surface area contributed by atoms with Crippen LogP contribution in [0, 0.1) is 0 Å². The van der Waals surface area contributed by atoms with Crippen LogP contribution in [0.3, 0.4) is 0 Å². The fraction of sp³-hybridized carbons (Fsp3) is 0.667. The molecule has 0 amide bonds. The van der Waals surface area contributed by atoms with Crippen LogP contribution < -0.4 is 0 Å². The highest BCUT2D eigenvalue weighted by molar-refractivity contribution is 5.75. The predicted octanol–water partition coefficient (Wildman–Crippen LogP) is 2.07. The SMILES string of the molecule is CC(C)N1CCC(c2oncc2C=O)CC1. The predicted molar refractivity (Wildman–Crippen MR) is 60.6 cm³/mol. The second kappa shape index (κ2) is 4.78. The minimum Gasteiger partial charge on any atom is -0.360 e. The van der Waals surface area contributed by atoms with Crippen LogP contribution in [0.25, 0.3) is 0 Å². The van der Waals surface area contributed by atoms with Gasteiger partial charge in [0.15, 0.2) is 6.29 Å². The van der Waals surface area contributed by atoms with Gasteiger partial charge in [0.05, 0.1) is 11.8 Å². The van der Waals surface area contributed by atoms with E-state index in [9.17, 15) is 4.79 Å². The van der Waals surface area contributed by atoms with Gasteiger partial charge in [-0.05, 0) is 39.8 Å². The molecule has 0 spiro atoms. The molecule has 0 radical (unpaired) electrons. The zero-order valence-electron chi connectivity index (χ0n) is 9.85. The maximum atomic E-state index is 10.8. The van der Waals surface area contributed by atoms with Gasteiger partial charge in [-0.3, -0.25) is 4.79 Å². The van der Waals surface area contributed by atoms with Gasteiger partial charge in [0.1, 0.15) is 5.76 Å². The van der Waals surface area contributed by atoms with E-state index < -0.39 is 0 Å². The smallest absolute Gasteiger partial charge is 0.155 e. The van der Waals surface area contributed by atoms with E-state index in [0.29, 0.717) is 17.5 Å². The van der Waals surface area contributed by atoms with Gasteiger partial charge in [-0.1, -0.05) is 5.16 Å². The molecule has 0 aliphatic carbocycles. The summed E-state index contributed by atoms with van der Waals surface area (Å²) in [4.78, 5) is 13.2. The van der Waals surface area contributed by atoms with Gasteiger partial charge in [0.2, 0.25) is 0 Å². The van der Waals surface area contributed by atoms with Crippen molar-refractivity contribution in [2.45, 2.75) is 38.6 Å². The Labute approximate surface area is 95.6 Å². The van der Waals surface area contributed by atoms with Gasteiger partial charge in [-0.25, -0.2) is 0 Å². The molecule has 0 N–H and O–H groups in total. The number of aromatic nitrogens is 1. The molecule has 2 rings (SSSR count). The highest BCUT2D eigenvalue weighted by Gasteiger charge is 2.26. The van der Waals surface area contributed by atoms with Crippen molar-refractivity contribution < 1.29 is 9.32 Å². The molecule has 1 fully saturated rings. The molecule has 0 saturated carbocycles. The first kappa shape index (κ1) is 11.3. The molecule has 4 heteroatoms. The summed E-state index contributed by atoms with van der Waals surface area (Å²) in [6, 6.07) is 0.598. The summed E-state index contributed by atoms with van der Waals surface area (Å²) in [7, 11) is 0. The first-order valence-electron chi connectivity index (χ1n) is 5.86. The molecule has 0 bridgehead atoms. The van der Waals surface area contributed by atoms with E-state index in [0.717, 1.165) is 38.0 Å². The van der Waals surface area contributed by atoms with Crippen molar-refractivity contribution in [2.24, 2.45) is 0 Å². The standard InChI is InChI=1S/C12H18N2O2/c1-9(2)14-5-3-10(4-6-14)12-11(8-15)7-13-16-12/h7-10H,3-6H2,1-2H3. The van der Waals surface area contributed by atoms with Gasteiger partial charge < -0.3 is 9.42 Å². The van der Waals surface area contributed by atoms with E-state index in [1.165, 1.54) is 6.20 Å². The maximum absolute atomic E-state index is 10.8. The number of hydrogen-bond acceptors (Lipinski definition) is 4.